The molecular formula is C29H42N4OS. The van der Waals surface area contributed by atoms with E-state index in [1.54, 1.807) is 0 Å². The summed E-state index contributed by atoms with van der Waals surface area (Å²) < 4.78 is 5.51. The molecule has 0 aliphatic carbocycles. The van der Waals surface area contributed by atoms with Gasteiger partial charge in [0.25, 0.3) is 0 Å². The van der Waals surface area contributed by atoms with E-state index < -0.39 is 0 Å². The lowest BCUT2D eigenvalue weighted by molar-refractivity contribution is 0.0368. The van der Waals surface area contributed by atoms with Crippen LogP contribution < -0.4 is 10.2 Å². The van der Waals surface area contributed by atoms with Crippen molar-refractivity contribution in [1.29, 1.82) is 0 Å². The van der Waals surface area contributed by atoms with Gasteiger partial charge in [0.1, 0.15) is 0 Å². The number of morpholine rings is 1. The maximum atomic E-state index is 5.95. The van der Waals surface area contributed by atoms with Gasteiger partial charge in [0.05, 0.1) is 13.2 Å². The third-order valence-electron chi connectivity index (χ3n) is 7.19. The Morgan fingerprint density at radius 2 is 1.89 bits per heavy atom. The molecule has 2 aromatic rings. The van der Waals surface area contributed by atoms with Crippen LogP contribution in [-0.4, -0.2) is 67.4 Å². The zero-order chi connectivity index (χ0) is 24.5. The van der Waals surface area contributed by atoms with E-state index in [0.717, 1.165) is 63.2 Å². The van der Waals surface area contributed by atoms with Crippen molar-refractivity contribution in [2.45, 2.75) is 52.5 Å². The Bertz CT molecular complexity index is 959. The SMILES string of the molecule is CCCCN1CCCc2cc(CN(CCCN3CCOCC3)C(=S)Nc3ccccc3C)ccc21. The van der Waals surface area contributed by atoms with Crippen molar-refractivity contribution < 1.29 is 4.74 Å². The third-order valence-corrected chi connectivity index (χ3v) is 7.55. The van der Waals surface area contributed by atoms with Gasteiger partial charge in [0, 0.05) is 57.2 Å². The molecule has 2 heterocycles. The van der Waals surface area contributed by atoms with Crippen LogP contribution in [0.4, 0.5) is 11.4 Å². The maximum absolute atomic E-state index is 5.95. The number of unbranched alkanes of at least 4 members (excludes halogenated alkanes) is 1. The molecule has 0 radical (unpaired) electrons. The van der Waals surface area contributed by atoms with Crippen LogP contribution in [0.15, 0.2) is 42.5 Å². The molecule has 190 valence electrons. The lowest BCUT2D eigenvalue weighted by atomic mass is 9.98. The summed E-state index contributed by atoms with van der Waals surface area (Å²) in [5, 5.41) is 4.34. The fraction of sp³-hybridized carbons (Fsp3) is 0.552. The van der Waals surface area contributed by atoms with E-state index in [9.17, 15) is 0 Å². The smallest absolute Gasteiger partial charge is 0.173 e. The lowest BCUT2D eigenvalue weighted by Gasteiger charge is -2.33. The normalized spacial score (nSPS) is 16.1. The minimum absolute atomic E-state index is 0.809. The zero-order valence-electron chi connectivity index (χ0n) is 21.6. The largest absolute Gasteiger partial charge is 0.379 e. The van der Waals surface area contributed by atoms with Crippen LogP contribution in [0.5, 0.6) is 0 Å². The Labute approximate surface area is 217 Å². The van der Waals surface area contributed by atoms with Crippen molar-refractivity contribution in [3.8, 4) is 0 Å². The van der Waals surface area contributed by atoms with E-state index in [2.05, 4.69) is 76.3 Å². The fourth-order valence-electron chi connectivity index (χ4n) is 5.10. The second-order valence-corrected chi connectivity index (χ2v) is 10.3. The number of para-hydroxylation sites is 1. The summed E-state index contributed by atoms with van der Waals surface area (Å²) in [7, 11) is 0. The van der Waals surface area contributed by atoms with E-state index >= 15 is 0 Å². The summed E-state index contributed by atoms with van der Waals surface area (Å²) in [6, 6.07) is 15.5. The minimum Gasteiger partial charge on any atom is -0.379 e. The summed E-state index contributed by atoms with van der Waals surface area (Å²) in [6.07, 6.45) is 6.02. The Hall–Kier alpha value is -2.15. The van der Waals surface area contributed by atoms with Crippen LogP contribution in [0.2, 0.25) is 0 Å². The van der Waals surface area contributed by atoms with E-state index in [1.165, 1.54) is 61.2 Å². The molecule has 2 aromatic carbocycles. The average Bonchev–Trinajstić information content (AvgIpc) is 2.88. The number of ether oxygens (including phenoxy) is 1. The lowest BCUT2D eigenvalue weighted by Crippen LogP contribution is -2.40. The van der Waals surface area contributed by atoms with Gasteiger partial charge < -0.3 is 19.9 Å². The number of hydrogen-bond donors (Lipinski definition) is 1. The van der Waals surface area contributed by atoms with Crippen molar-refractivity contribution in [3.05, 3.63) is 59.2 Å². The van der Waals surface area contributed by atoms with Crippen LogP contribution in [0, 0.1) is 6.92 Å². The molecule has 0 saturated carbocycles. The molecule has 0 unspecified atom stereocenters. The molecule has 0 aromatic heterocycles. The van der Waals surface area contributed by atoms with Crippen molar-refractivity contribution >= 4 is 28.7 Å². The first-order chi connectivity index (χ1) is 17.1. The first-order valence-electron chi connectivity index (χ1n) is 13.4. The van der Waals surface area contributed by atoms with Crippen molar-refractivity contribution in [2.75, 3.05) is 62.7 Å². The van der Waals surface area contributed by atoms with Crippen LogP contribution in [0.1, 0.15) is 49.3 Å². The third kappa shape index (κ3) is 7.42. The van der Waals surface area contributed by atoms with Gasteiger partial charge in [-0.3, -0.25) is 4.90 Å². The molecule has 0 atom stereocenters. The molecule has 0 bridgehead atoms. The summed E-state index contributed by atoms with van der Waals surface area (Å²) in [6.45, 7) is 13.4. The summed E-state index contributed by atoms with van der Waals surface area (Å²) in [5.74, 6) is 0. The van der Waals surface area contributed by atoms with Gasteiger partial charge in [-0.25, -0.2) is 0 Å². The minimum atomic E-state index is 0.809. The van der Waals surface area contributed by atoms with Gasteiger partial charge in [-0.1, -0.05) is 43.7 Å². The molecule has 2 aliphatic heterocycles. The van der Waals surface area contributed by atoms with Crippen LogP contribution in [0.3, 0.4) is 0 Å². The number of nitrogens with zero attached hydrogens (tertiary/aromatic N) is 3. The monoisotopic (exact) mass is 494 g/mol. The molecule has 6 heteroatoms. The first kappa shape index (κ1) is 25.9. The maximum Gasteiger partial charge on any atom is 0.173 e. The Morgan fingerprint density at radius 3 is 2.69 bits per heavy atom. The Balaban J connectivity index is 1.44. The van der Waals surface area contributed by atoms with Crippen LogP contribution >= 0.6 is 12.2 Å². The molecule has 1 N–H and O–H groups in total. The van der Waals surface area contributed by atoms with Gasteiger partial charge in [-0.15, -0.1) is 0 Å². The number of hydrogen-bond acceptors (Lipinski definition) is 4. The fourth-order valence-corrected chi connectivity index (χ4v) is 5.36. The van der Waals surface area contributed by atoms with Gasteiger partial charge in [-0.05, 0) is 73.6 Å². The summed E-state index contributed by atoms with van der Waals surface area (Å²) in [5.41, 5.74) is 6.59. The quantitative estimate of drug-likeness (QED) is 0.441. The highest BCUT2D eigenvalue weighted by molar-refractivity contribution is 7.80. The van der Waals surface area contributed by atoms with E-state index in [1.807, 2.05) is 0 Å². The second kappa shape index (κ2) is 13.2. The molecule has 2 aliphatic rings. The van der Waals surface area contributed by atoms with E-state index in [0.29, 0.717) is 0 Å². The number of anilines is 2. The first-order valence-corrected chi connectivity index (χ1v) is 13.8. The summed E-state index contributed by atoms with van der Waals surface area (Å²) in [4.78, 5) is 7.43. The Kier molecular flexibility index (Phi) is 9.81. The van der Waals surface area contributed by atoms with Crippen LogP contribution in [0.25, 0.3) is 0 Å². The predicted molar refractivity (Wildman–Crippen MR) is 152 cm³/mol. The molecule has 0 amide bonds. The van der Waals surface area contributed by atoms with Crippen molar-refractivity contribution in [1.82, 2.24) is 9.80 Å². The van der Waals surface area contributed by atoms with E-state index in [4.69, 9.17) is 17.0 Å². The highest BCUT2D eigenvalue weighted by atomic mass is 32.1. The second-order valence-electron chi connectivity index (χ2n) is 9.88. The topological polar surface area (TPSA) is 31.0 Å². The molecular weight excluding hydrogens is 452 g/mol. The van der Waals surface area contributed by atoms with E-state index in [-0.39, 0.29) is 0 Å². The van der Waals surface area contributed by atoms with Gasteiger partial charge >= 0.3 is 0 Å². The van der Waals surface area contributed by atoms with Crippen LogP contribution in [-0.2, 0) is 17.7 Å². The predicted octanol–water partition coefficient (Wildman–Crippen LogP) is 5.47. The highest BCUT2D eigenvalue weighted by Gasteiger charge is 2.19. The summed E-state index contributed by atoms with van der Waals surface area (Å²) >= 11 is 5.95. The number of aryl methyl sites for hydroxylation is 2. The van der Waals surface area contributed by atoms with Gasteiger partial charge in [0.2, 0.25) is 0 Å². The number of nitrogens with one attached hydrogen (secondary N) is 1. The Morgan fingerprint density at radius 1 is 1.06 bits per heavy atom. The average molecular weight is 495 g/mol. The highest BCUT2D eigenvalue weighted by Crippen LogP contribution is 2.29. The van der Waals surface area contributed by atoms with Gasteiger partial charge in [-0.2, -0.15) is 0 Å². The molecule has 35 heavy (non-hydrogen) atoms. The standard InChI is InChI=1S/C29H42N4OS/c1-3-4-15-32-16-7-10-26-22-25(12-13-28(26)32)23-33(17-8-14-31-18-20-34-21-19-31)29(35)30-27-11-6-5-9-24(27)2/h5-6,9,11-13,22H,3-4,7-8,10,14-21,23H2,1-2H3,(H,30,35). The van der Waals surface area contributed by atoms with Gasteiger partial charge in [0.15, 0.2) is 5.11 Å². The van der Waals surface area contributed by atoms with Crippen molar-refractivity contribution in [2.24, 2.45) is 0 Å². The molecule has 4 rings (SSSR count). The number of thiocarbonyl (C=S) groups is 1. The molecule has 5 nitrogen and oxygen atoms in total. The number of rotatable bonds is 10. The zero-order valence-corrected chi connectivity index (χ0v) is 22.4. The molecule has 0 spiro atoms. The molecule has 1 saturated heterocycles. The van der Waals surface area contributed by atoms with Crippen molar-refractivity contribution in [3.63, 3.8) is 0 Å². The number of benzene rings is 2. The molecule has 1 fully saturated rings. The number of fused-ring (bicyclic) bond motifs is 1.